The van der Waals surface area contributed by atoms with Crippen molar-refractivity contribution in [2.24, 2.45) is 11.7 Å². The standard InChI is InChI=1S/C13H18N2/c1-9-2-4-11(5-3-9)15-12-6-10(7-12)13(15)8-14/h2-5,10,12-13H,6-8,14H2,1H3. The van der Waals surface area contributed by atoms with Crippen LogP contribution in [0.4, 0.5) is 5.69 Å². The van der Waals surface area contributed by atoms with Crippen molar-refractivity contribution in [1.29, 1.82) is 0 Å². The molecule has 2 bridgehead atoms. The molecular formula is C13H18N2. The number of nitrogens with two attached hydrogens (primary N) is 1. The Morgan fingerprint density at radius 1 is 1.27 bits per heavy atom. The van der Waals surface area contributed by atoms with Crippen molar-refractivity contribution >= 4 is 5.69 Å². The summed E-state index contributed by atoms with van der Waals surface area (Å²) < 4.78 is 0. The molecule has 3 fully saturated rings. The van der Waals surface area contributed by atoms with E-state index in [4.69, 9.17) is 5.73 Å². The van der Waals surface area contributed by atoms with Crippen LogP contribution in [0, 0.1) is 12.8 Å². The Labute approximate surface area is 91.1 Å². The van der Waals surface area contributed by atoms with Crippen LogP contribution in [0.3, 0.4) is 0 Å². The molecule has 80 valence electrons. The zero-order valence-electron chi connectivity index (χ0n) is 9.19. The van der Waals surface area contributed by atoms with Gasteiger partial charge in [0.05, 0.1) is 0 Å². The lowest BCUT2D eigenvalue weighted by Crippen LogP contribution is -2.36. The molecule has 0 aromatic heterocycles. The fourth-order valence-electron chi connectivity index (χ4n) is 3.09. The maximum atomic E-state index is 5.87. The monoisotopic (exact) mass is 202 g/mol. The number of aryl methyl sites for hydroxylation is 1. The molecule has 1 aromatic carbocycles. The fraction of sp³-hybridized carbons (Fsp3) is 0.538. The molecule has 2 heterocycles. The lowest BCUT2D eigenvalue weighted by Gasteiger charge is -2.28. The third-order valence-corrected chi connectivity index (χ3v) is 4.02. The van der Waals surface area contributed by atoms with Gasteiger partial charge in [-0.1, -0.05) is 17.7 Å². The lowest BCUT2D eigenvalue weighted by molar-refractivity contribution is 0.354. The van der Waals surface area contributed by atoms with E-state index in [9.17, 15) is 0 Å². The number of hydrogen-bond donors (Lipinski definition) is 1. The molecule has 15 heavy (non-hydrogen) atoms. The summed E-state index contributed by atoms with van der Waals surface area (Å²) in [6.45, 7) is 2.93. The number of rotatable bonds is 2. The summed E-state index contributed by atoms with van der Waals surface area (Å²) >= 11 is 0. The quantitative estimate of drug-likeness (QED) is 0.794. The number of anilines is 1. The molecule has 1 unspecified atom stereocenters. The highest BCUT2D eigenvalue weighted by Crippen LogP contribution is 2.47. The van der Waals surface area contributed by atoms with Gasteiger partial charge < -0.3 is 10.6 Å². The normalized spacial score (nSPS) is 32.9. The number of hydrogen-bond acceptors (Lipinski definition) is 2. The second-order valence-corrected chi connectivity index (χ2v) is 4.93. The van der Waals surface area contributed by atoms with Gasteiger partial charge in [-0.05, 0) is 37.8 Å². The van der Waals surface area contributed by atoms with Crippen LogP contribution in [0.2, 0.25) is 0 Å². The van der Waals surface area contributed by atoms with E-state index in [1.165, 1.54) is 24.1 Å². The van der Waals surface area contributed by atoms with E-state index in [1.54, 1.807) is 0 Å². The average molecular weight is 202 g/mol. The van der Waals surface area contributed by atoms with Crippen molar-refractivity contribution in [3.63, 3.8) is 0 Å². The first-order valence-corrected chi connectivity index (χ1v) is 5.84. The average Bonchev–Trinajstić information content (AvgIpc) is 2.71. The second kappa shape index (κ2) is 3.24. The largest absolute Gasteiger partial charge is 0.364 e. The highest BCUT2D eigenvalue weighted by molar-refractivity contribution is 5.53. The SMILES string of the molecule is Cc1ccc(N2C3CC(C3)C2CN)cc1. The zero-order valence-corrected chi connectivity index (χ0v) is 9.19. The van der Waals surface area contributed by atoms with E-state index in [0.29, 0.717) is 6.04 Å². The molecule has 3 aliphatic rings. The van der Waals surface area contributed by atoms with Gasteiger partial charge in [0, 0.05) is 24.3 Å². The van der Waals surface area contributed by atoms with Crippen molar-refractivity contribution in [2.45, 2.75) is 31.8 Å². The summed E-state index contributed by atoms with van der Waals surface area (Å²) in [4.78, 5) is 2.55. The predicted octanol–water partition coefficient (Wildman–Crippen LogP) is 1.92. The van der Waals surface area contributed by atoms with Crippen LogP contribution in [0.1, 0.15) is 18.4 Å². The summed E-state index contributed by atoms with van der Waals surface area (Å²) in [5.41, 5.74) is 8.56. The van der Waals surface area contributed by atoms with Crippen molar-refractivity contribution in [3.05, 3.63) is 29.8 Å². The second-order valence-electron chi connectivity index (χ2n) is 4.93. The minimum atomic E-state index is 0.595. The summed E-state index contributed by atoms with van der Waals surface area (Å²) in [6.07, 6.45) is 2.71. The van der Waals surface area contributed by atoms with Gasteiger partial charge in [0.1, 0.15) is 0 Å². The van der Waals surface area contributed by atoms with Crippen molar-refractivity contribution < 1.29 is 0 Å². The van der Waals surface area contributed by atoms with Gasteiger partial charge in [0.2, 0.25) is 0 Å². The van der Waals surface area contributed by atoms with Gasteiger partial charge in [-0.25, -0.2) is 0 Å². The van der Waals surface area contributed by atoms with Gasteiger partial charge in [-0.3, -0.25) is 0 Å². The Morgan fingerprint density at radius 2 is 1.93 bits per heavy atom. The Bertz CT molecular complexity index is 351. The Hall–Kier alpha value is -1.02. The van der Waals surface area contributed by atoms with Crippen molar-refractivity contribution in [2.75, 3.05) is 11.4 Å². The molecule has 1 aromatic rings. The maximum Gasteiger partial charge on any atom is 0.0445 e. The topological polar surface area (TPSA) is 29.3 Å². The molecule has 1 atom stereocenters. The van der Waals surface area contributed by atoms with Crippen LogP contribution in [-0.2, 0) is 0 Å². The van der Waals surface area contributed by atoms with Crippen LogP contribution in [0.5, 0.6) is 0 Å². The van der Waals surface area contributed by atoms with Crippen LogP contribution in [-0.4, -0.2) is 18.6 Å². The molecule has 2 nitrogen and oxygen atoms in total. The van der Waals surface area contributed by atoms with Crippen molar-refractivity contribution in [1.82, 2.24) is 0 Å². The van der Waals surface area contributed by atoms with E-state index in [1.807, 2.05) is 0 Å². The Morgan fingerprint density at radius 3 is 2.53 bits per heavy atom. The molecule has 2 aliphatic heterocycles. The third kappa shape index (κ3) is 1.28. The maximum absolute atomic E-state index is 5.87. The molecule has 2 N–H and O–H groups in total. The Balaban J connectivity index is 1.90. The number of nitrogens with zero attached hydrogens (tertiary/aromatic N) is 1. The van der Waals surface area contributed by atoms with E-state index in [0.717, 1.165) is 18.5 Å². The Kier molecular flexibility index (Phi) is 1.99. The first kappa shape index (κ1) is 9.22. The van der Waals surface area contributed by atoms with Gasteiger partial charge in [0.15, 0.2) is 0 Å². The minimum Gasteiger partial charge on any atom is -0.364 e. The molecule has 0 spiro atoms. The summed E-state index contributed by atoms with van der Waals surface area (Å²) in [5.74, 6) is 0.862. The van der Waals surface area contributed by atoms with Gasteiger partial charge in [-0.2, -0.15) is 0 Å². The van der Waals surface area contributed by atoms with Crippen LogP contribution in [0.15, 0.2) is 24.3 Å². The van der Waals surface area contributed by atoms with Crippen LogP contribution < -0.4 is 10.6 Å². The fourth-order valence-corrected chi connectivity index (χ4v) is 3.09. The van der Waals surface area contributed by atoms with Crippen LogP contribution in [0.25, 0.3) is 0 Å². The van der Waals surface area contributed by atoms with E-state index in [2.05, 4.69) is 36.1 Å². The number of fused-ring (bicyclic) bond motifs is 1. The summed E-state index contributed by atoms with van der Waals surface area (Å²) in [5, 5.41) is 0. The highest BCUT2D eigenvalue weighted by atomic mass is 15.3. The van der Waals surface area contributed by atoms with E-state index < -0.39 is 0 Å². The molecule has 2 heteroatoms. The third-order valence-electron chi connectivity index (χ3n) is 4.02. The summed E-state index contributed by atoms with van der Waals surface area (Å²) in [7, 11) is 0. The van der Waals surface area contributed by atoms with Crippen LogP contribution >= 0.6 is 0 Å². The van der Waals surface area contributed by atoms with E-state index in [-0.39, 0.29) is 0 Å². The first-order valence-electron chi connectivity index (χ1n) is 5.84. The van der Waals surface area contributed by atoms with Gasteiger partial charge in [0.25, 0.3) is 0 Å². The summed E-state index contributed by atoms with van der Waals surface area (Å²) in [6, 6.07) is 10.2. The lowest BCUT2D eigenvalue weighted by atomic mass is 9.83. The zero-order chi connectivity index (χ0) is 10.4. The molecule has 1 saturated carbocycles. The van der Waals surface area contributed by atoms with Gasteiger partial charge >= 0.3 is 0 Å². The molecule has 0 amide bonds. The number of benzene rings is 1. The molecule has 1 aliphatic carbocycles. The molecule has 2 saturated heterocycles. The minimum absolute atomic E-state index is 0.595. The van der Waals surface area contributed by atoms with Crippen molar-refractivity contribution in [3.8, 4) is 0 Å². The predicted molar refractivity (Wildman–Crippen MR) is 63.0 cm³/mol. The molecule has 0 radical (unpaired) electrons. The van der Waals surface area contributed by atoms with E-state index >= 15 is 0 Å². The smallest absolute Gasteiger partial charge is 0.0445 e. The van der Waals surface area contributed by atoms with Gasteiger partial charge in [-0.15, -0.1) is 0 Å². The molecule has 4 rings (SSSR count). The highest BCUT2D eigenvalue weighted by Gasteiger charge is 2.49. The first-order chi connectivity index (χ1) is 7.29. The molecular weight excluding hydrogens is 184 g/mol.